The summed E-state index contributed by atoms with van der Waals surface area (Å²) in [5.74, 6) is -0.531. The standard InChI is InChI=1S/C19H22FN3O3/c1-2-22-16(24)15-12-21(9-10-23(15)18(22)26)17(25)19(7-8-19)11-13-5-3-4-6-14(13)20/h3-6,15H,2,7-12H2,1H3. The fourth-order valence-electron chi connectivity index (χ4n) is 4.09. The van der Waals surface area contributed by atoms with Crippen LogP contribution in [0.2, 0.25) is 0 Å². The lowest BCUT2D eigenvalue weighted by molar-refractivity contribution is -0.141. The number of halogens is 1. The van der Waals surface area contributed by atoms with Gasteiger partial charge in [-0.05, 0) is 37.8 Å². The highest BCUT2D eigenvalue weighted by Crippen LogP contribution is 2.50. The first-order chi connectivity index (χ1) is 12.5. The van der Waals surface area contributed by atoms with E-state index in [1.165, 1.54) is 11.0 Å². The Hall–Kier alpha value is -2.44. The summed E-state index contributed by atoms with van der Waals surface area (Å²) in [5.41, 5.74) is 0.00163. The van der Waals surface area contributed by atoms with Crippen molar-refractivity contribution in [3.05, 3.63) is 35.6 Å². The number of carbonyl (C=O) groups excluding carboxylic acids is 3. The normalized spacial score (nSPS) is 24.1. The summed E-state index contributed by atoms with van der Waals surface area (Å²) in [7, 11) is 0. The van der Waals surface area contributed by atoms with Gasteiger partial charge in [-0.1, -0.05) is 18.2 Å². The molecule has 7 heteroatoms. The Bertz CT molecular complexity index is 777. The summed E-state index contributed by atoms with van der Waals surface area (Å²) in [4.78, 5) is 42.3. The largest absolute Gasteiger partial charge is 0.338 e. The summed E-state index contributed by atoms with van der Waals surface area (Å²) in [6.07, 6.45) is 1.86. The number of hydrogen-bond acceptors (Lipinski definition) is 3. The van der Waals surface area contributed by atoms with Gasteiger partial charge in [0, 0.05) is 19.6 Å². The van der Waals surface area contributed by atoms with Gasteiger partial charge >= 0.3 is 6.03 Å². The van der Waals surface area contributed by atoms with Crippen LogP contribution in [0.3, 0.4) is 0 Å². The number of likely N-dealkylation sites (N-methyl/N-ethyl adjacent to an activating group) is 1. The van der Waals surface area contributed by atoms with Crippen LogP contribution in [0.25, 0.3) is 0 Å². The van der Waals surface area contributed by atoms with Crippen LogP contribution in [-0.2, 0) is 16.0 Å². The number of benzene rings is 1. The van der Waals surface area contributed by atoms with Crippen LogP contribution in [0, 0.1) is 11.2 Å². The van der Waals surface area contributed by atoms with Crippen LogP contribution < -0.4 is 0 Å². The SMILES string of the molecule is CCN1C(=O)C2CN(C(=O)C3(Cc4ccccc4F)CC3)CCN2C1=O. The number of nitrogens with zero attached hydrogens (tertiary/aromatic N) is 3. The fraction of sp³-hybridized carbons (Fsp3) is 0.526. The molecule has 0 N–H and O–H groups in total. The van der Waals surface area contributed by atoms with Crippen LogP contribution in [0.15, 0.2) is 24.3 Å². The number of fused-ring (bicyclic) bond motifs is 1. The van der Waals surface area contributed by atoms with Gasteiger partial charge in [-0.25, -0.2) is 9.18 Å². The van der Waals surface area contributed by atoms with Crippen molar-refractivity contribution in [1.29, 1.82) is 0 Å². The Labute approximate surface area is 151 Å². The molecule has 1 unspecified atom stereocenters. The molecule has 1 aliphatic carbocycles. The maximum Gasteiger partial charge on any atom is 0.327 e. The minimum Gasteiger partial charge on any atom is -0.338 e. The van der Waals surface area contributed by atoms with Crippen molar-refractivity contribution in [2.75, 3.05) is 26.2 Å². The number of hydrogen-bond donors (Lipinski definition) is 0. The molecule has 3 fully saturated rings. The first-order valence-electron chi connectivity index (χ1n) is 9.11. The van der Waals surface area contributed by atoms with Gasteiger partial charge in [0.1, 0.15) is 11.9 Å². The van der Waals surface area contributed by atoms with E-state index in [0.29, 0.717) is 31.6 Å². The lowest BCUT2D eigenvalue weighted by Gasteiger charge is -2.37. The van der Waals surface area contributed by atoms with E-state index in [0.717, 1.165) is 12.8 Å². The summed E-state index contributed by atoms with van der Waals surface area (Å²) in [6, 6.07) is 5.71. The molecule has 138 valence electrons. The predicted octanol–water partition coefficient (Wildman–Crippen LogP) is 1.64. The highest BCUT2D eigenvalue weighted by Gasteiger charge is 2.54. The number of imide groups is 1. The zero-order valence-electron chi connectivity index (χ0n) is 14.8. The molecule has 1 saturated carbocycles. The number of rotatable bonds is 4. The molecule has 0 bridgehead atoms. The van der Waals surface area contributed by atoms with Gasteiger partial charge in [-0.2, -0.15) is 0 Å². The molecule has 0 aromatic heterocycles. The average Bonchev–Trinajstić information content (AvgIpc) is 3.39. The molecule has 0 spiro atoms. The van der Waals surface area contributed by atoms with Gasteiger partial charge < -0.3 is 9.80 Å². The van der Waals surface area contributed by atoms with Crippen LogP contribution in [0.5, 0.6) is 0 Å². The van der Waals surface area contributed by atoms with Crippen LogP contribution in [0.4, 0.5) is 9.18 Å². The van der Waals surface area contributed by atoms with Crippen LogP contribution in [0.1, 0.15) is 25.3 Å². The van der Waals surface area contributed by atoms with Gasteiger partial charge in [0.05, 0.1) is 12.0 Å². The highest BCUT2D eigenvalue weighted by atomic mass is 19.1. The lowest BCUT2D eigenvalue weighted by atomic mass is 9.94. The summed E-state index contributed by atoms with van der Waals surface area (Å²) in [6.45, 7) is 3.14. The van der Waals surface area contributed by atoms with E-state index < -0.39 is 11.5 Å². The molecule has 1 atom stereocenters. The van der Waals surface area contributed by atoms with E-state index >= 15 is 0 Å². The number of amides is 4. The first-order valence-corrected chi connectivity index (χ1v) is 9.11. The summed E-state index contributed by atoms with van der Waals surface area (Å²) in [5, 5.41) is 0. The molecular formula is C19H22FN3O3. The van der Waals surface area contributed by atoms with E-state index in [2.05, 4.69) is 0 Å². The molecule has 1 aromatic rings. The molecular weight excluding hydrogens is 337 g/mol. The Balaban J connectivity index is 1.49. The topological polar surface area (TPSA) is 60.9 Å². The van der Waals surface area contributed by atoms with Gasteiger partial charge in [-0.3, -0.25) is 14.5 Å². The highest BCUT2D eigenvalue weighted by molar-refractivity contribution is 6.04. The van der Waals surface area contributed by atoms with Crippen LogP contribution >= 0.6 is 0 Å². The third-order valence-corrected chi connectivity index (χ3v) is 5.81. The molecule has 4 rings (SSSR count). The number of urea groups is 1. The second-order valence-electron chi connectivity index (χ2n) is 7.37. The van der Waals surface area contributed by atoms with Crippen molar-refractivity contribution in [2.24, 2.45) is 5.41 Å². The summed E-state index contributed by atoms with van der Waals surface area (Å²) < 4.78 is 14.0. The molecule has 2 saturated heterocycles. The maximum atomic E-state index is 14.0. The quantitative estimate of drug-likeness (QED) is 0.768. The van der Waals surface area contributed by atoms with Crippen molar-refractivity contribution in [2.45, 2.75) is 32.2 Å². The second-order valence-corrected chi connectivity index (χ2v) is 7.37. The average molecular weight is 359 g/mol. The van der Waals surface area contributed by atoms with E-state index in [1.54, 1.807) is 34.9 Å². The third-order valence-electron chi connectivity index (χ3n) is 5.81. The van der Waals surface area contributed by atoms with E-state index in [4.69, 9.17) is 0 Å². The smallest absolute Gasteiger partial charge is 0.327 e. The third kappa shape index (κ3) is 2.57. The van der Waals surface area contributed by atoms with Crippen molar-refractivity contribution in [3.8, 4) is 0 Å². The van der Waals surface area contributed by atoms with Gasteiger partial charge in [0.25, 0.3) is 5.91 Å². The Morgan fingerprint density at radius 3 is 2.62 bits per heavy atom. The predicted molar refractivity (Wildman–Crippen MR) is 91.6 cm³/mol. The van der Waals surface area contributed by atoms with Gasteiger partial charge in [0.15, 0.2) is 0 Å². The maximum absolute atomic E-state index is 14.0. The summed E-state index contributed by atoms with van der Waals surface area (Å²) >= 11 is 0. The minimum atomic E-state index is -0.579. The molecule has 1 aromatic carbocycles. The molecule has 4 amide bonds. The zero-order valence-corrected chi connectivity index (χ0v) is 14.8. The van der Waals surface area contributed by atoms with E-state index in [-0.39, 0.29) is 30.2 Å². The van der Waals surface area contributed by atoms with Gasteiger partial charge in [0.2, 0.25) is 5.91 Å². The lowest BCUT2D eigenvalue weighted by Crippen LogP contribution is -2.56. The monoisotopic (exact) mass is 359 g/mol. The van der Waals surface area contributed by atoms with Gasteiger partial charge in [-0.15, -0.1) is 0 Å². The van der Waals surface area contributed by atoms with Crippen molar-refractivity contribution >= 4 is 17.8 Å². The van der Waals surface area contributed by atoms with Crippen molar-refractivity contribution in [3.63, 3.8) is 0 Å². The zero-order chi connectivity index (χ0) is 18.5. The number of carbonyl (C=O) groups is 3. The molecule has 2 aliphatic heterocycles. The Morgan fingerprint density at radius 1 is 1.23 bits per heavy atom. The van der Waals surface area contributed by atoms with Crippen LogP contribution in [-0.4, -0.2) is 64.8 Å². The molecule has 26 heavy (non-hydrogen) atoms. The molecule has 2 heterocycles. The first kappa shape index (κ1) is 17.0. The molecule has 0 radical (unpaired) electrons. The van der Waals surface area contributed by atoms with E-state index in [1.807, 2.05) is 0 Å². The Kier molecular flexibility index (Phi) is 3.97. The fourth-order valence-corrected chi connectivity index (χ4v) is 4.09. The van der Waals surface area contributed by atoms with E-state index in [9.17, 15) is 18.8 Å². The molecule has 6 nitrogen and oxygen atoms in total. The Morgan fingerprint density at radius 2 is 1.96 bits per heavy atom. The van der Waals surface area contributed by atoms with Crippen molar-refractivity contribution < 1.29 is 18.8 Å². The number of piperazine rings is 1. The molecule has 3 aliphatic rings. The minimum absolute atomic E-state index is 0.0180. The second kappa shape index (κ2) is 6.07. The van der Waals surface area contributed by atoms with Crippen molar-refractivity contribution in [1.82, 2.24) is 14.7 Å².